The number of carbonyl (C=O) groups is 1. The van der Waals surface area contributed by atoms with Crippen LogP contribution < -0.4 is 0 Å². The molecule has 0 amide bonds. The summed E-state index contributed by atoms with van der Waals surface area (Å²) >= 11 is 3.33. The molecule has 0 saturated carbocycles. The van der Waals surface area contributed by atoms with Crippen LogP contribution in [0.25, 0.3) is 0 Å². The molecule has 0 aliphatic rings. The van der Waals surface area contributed by atoms with Gasteiger partial charge in [0.05, 0.1) is 12.1 Å². The lowest BCUT2D eigenvalue weighted by Gasteiger charge is -2.03. The normalized spacial score (nSPS) is 10.7. The molecule has 0 spiro atoms. The molecule has 2 heterocycles. The van der Waals surface area contributed by atoms with Gasteiger partial charge in [0.2, 0.25) is 0 Å². The number of nitrogens with zero attached hydrogens (tertiary/aromatic N) is 3. The third-order valence-corrected chi connectivity index (χ3v) is 3.38. The molecular weight excluding hydrogens is 306 g/mol. The molecular formula is C14H16BrN3O. The lowest BCUT2D eigenvalue weighted by Crippen LogP contribution is -2.12. The van der Waals surface area contributed by atoms with Crippen LogP contribution in [0.2, 0.25) is 0 Å². The Morgan fingerprint density at radius 1 is 1.32 bits per heavy atom. The maximum absolute atomic E-state index is 12.3. The number of Topliss-reactive ketones (excluding diaryl/α,β-unsaturated/α-hetero) is 1. The van der Waals surface area contributed by atoms with Gasteiger partial charge < -0.3 is 0 Å². The Morgan fingerprint density at radius 3 is 2.68 bits per heavy atom. The molecule has 2 rings (SSSR count). The summed E-state index contributed by atoms with van der Waals surface area (Å²) < 4.78 is 2.68. The fourth-order valence-corrected chi connectivity index (χ4v) is 2.11. The van der Waals surface area contributed by atoms with Crippen LogP contribution in [0.1, 0.15) is 35.7 Å². The molecule has 0 fully saturated rings. The third kappa shape index (κ3) is 3.29. The van der Waals surface area contributed by atoms with Gasteiger partial charge in [0.25, 0.3) is 0 Å². The highest BCUT2D eigenvalue weighted by molar-refractivity contribution is 9.10. The SMILES string of the molecule is CCc1cc(C(=O)Cc2ccc(Br)cn2)n(CC)n1. The molecule has 2 aromatic heterocycles. The summed E-state index contributed by atoms with van der Waals surface area (Å²) in [5.74, 6) is 0.0591. The summed E-state index contributed by atoms with van der Waals surface area (Å²) in [4.78, 5) is 16.5. The lowest BCUT2D eigenvalue weighted by molar-refractivity contribution is 0.0981. The van der Waals surface area contributed by atoms with E-state index >= 15 is 0 Å². The van der Waals surface area contributed by atoms with E-state index < -0.39 is 0 Å². The number of ketones is 1. The summed E-state index contributed by atoms with van der Waals surface area (Å²) in [5.41, 5.74) is 2.40. The maximum atomic E-state index is 12.3. The van der Waals surface area contributed by atoms with Crippen molar-refractivity contribution < 1.29 is 4.79 Å². The second-order valence-corrected chi connectivity index (χ2v) is 5.17. The van der Waals surface area contributed by atoms with Crippen LogP contribution in [0.15, 0.2) is 28.9 Å². The van der Waals surface area contributed by atoms with E-state index in [1.165, 1.54) is 0 Å². The van der Waals surface area contributed by atoms with Crippen LogP contribution in [0, 0.1) is 0 Å². The average Bonchev–Trinajstić information content (AvgIpc) is 2.85. The molecule has 5 heteroatoms. The highest BCUT2D eigenvalue weighted by Crippen LogP contribution is 2.12. The first-order valence-corrected chi connectivity index (χ1v) is 7.13. The van der Waals surface area contributed by atoms with Gasteiger partial charge in [0.15, 0.2) is 5.78 Å². The number of carbonyl (C=O) groups excluding carboxylic acids is 1. The molecule has 4 nitrogen and oxygen atoms in total. The first-order valence-electron chi connectivity index (χ1n) is 6.34. The Balaban J connectivity index is 2.19. The highest BCUT2D eigenvalue weighted by Gasteiger charge is 2.14. The van der Waals surface area contributed by atoms with Crippen LogP contribution in [-0.4, -0.2) is 20.5 Å². The fourth-order valence-electron chi connectivity index (χ4n) is 1.87. The van der Waals surface area contributed by atoms with E-state index in [1.54, 1.807) is 10.9 Å². The zero-order valence-corrected chi connectivity index (χ0v) is 12.6. The molecule has 0 unspecified atom stereocenters. The van der Waals surface area contributed by atoms with Crippen molar-refractivity contribution in [2.45, 2.75) is 33.2 Å². The highest BCUT2D eigenvalue weighted by atomic mass is 79.9. The number of aromatic nitrogens is 3. The van der Waals surface area contributed by atoms with E-state index in [4.69, 9.17) is 0 Å². The van der Waals surface area contributed by atoms with Crippen molar-refractivity contribution in [1.82, 2.24) is 14.8 Å². The van der Waals surface area contributed by atoms with Gasteiger partial charge in [-0.2, -0.15) is 5.10 Å². The van der Waals surface area contributed by atoms with Crippen molar-refractivity contribution in [3.05, 3.63) is 46.0 Å². The molecule has 0 aromatic carbocycles. The van der Waals surface area contributed by atoms with Crippen molar-refractivity contribution in [2.75, 3.05) is 0 Å². The Kier molecular flexibility index (Phi) is 4.47. The average molecular weight is 322 g/mol. The molecule has 0 aliphatic heterocycles. The number of rotatable bonds is 5. The van der Waals surface area contributed by atoms with Gasteiger partial charge in [0, 0.05) is 22.9 Å². The number of hydrogen-bond acceptors (Lipinski definition) is 3. The van der Waals surface area contributed by atoms with Crippen LogP contribution in [0.3, 0.4) is 0 Å². The second-order valence-electron chi connectivity index (χ2n) is 4.26. The minimum atomic E-state index is 0.0591. The number of hydrogen-bond donors (Lipinski definition) is 0. The molecule has 0 atom stereocenters. The Morgan fingerprint density at radius 2 is 2.11 bits per heavy atom. The van der Waals surface area contributed by atoms with E-state index in [0.717, 1.165) is 22.3 Å². The van der Waals surface area contributed by atoms with Crippen molar-refractivity contribution in [2.24, 2.45) is 0 Å². The maximum Gasteiger partial charge on any atom is 0.186 e. The molecule has 0 aliphatic carbocycles. The smallest absolute Gasteiger partial charge is 0.186 e. The summed E-state index contributed by atoms with van der Waals surface area (Å²) in [6, 6.07) is 5.63. The van der Waals surface area contributed by atoms with E-state index in [2.05, 4.69) is 26.0 Å². The largest absolute Gasteiger partial charge is 0.292 e. The lowest BCUT2D eigenvalue weighted by atomic mass is 10.1. The standard InChI is InChI=1S/C14H16BrN3O/c1-3-11-7-13(18(4-2)17-11)14(19)8-12-6-5-10(15)9-16-12/h5-7,9H,3-4,8H2,1-2H3. The van der Waals surface area contributed by atoms with Crippen molar-refractivity contribution >= 4 is 21.7 Å². The molecule has 2 aromatic rings. The Hall–Kier alpha value is -1.49. The molecule has 0 N–H and O–H groups in total. The van der Waals surface area contributed by atoms with Crippen LogP contribution in [0.4, 0.5) is 0 Å². The van der Waals surface area contributed by atoms with Gasteiger partial charge in [-0.15, -0.1) is 0 Å². The van der Waals surface area contributed by atoms with Crippen molar-refractivity contribution in [3.8, 4) is 0 Å². The summed E-state index contributed by atoms with van der Waals surface area (Å²) in [6.07, 6.45) is 2.85. The quantitative estimate of drug-likeness (QED) is 0.795. The van der Waals surface area contributed by atoms with Gasteiger partial charge >= 0.3 is 0 Å². The molecule has 19 heavy (non-hydrogen) atoms. The topological polar surface area (TPSA) is 47.8 Å². The number of aryl methyl sites for hydroxylation is 2. The van der Waals surface area contributed by atoms with Crippen molar-refractivity contribution in [3.63, 3.8) is 0 Å². The molecule has 0 saturated heterocycles. The molecule has 0 bridgehead atoms. The Bertz CT molecular complexity index is 575. The minimum absolute atomic E-state index is 0.0591. The van der Waals surface area contributed by atoms with Gasteiger partial charge in [-0.1, -0.05) is 6.92 Å². The van der Waals surface area contributed by atoms with E-state index in [-0.39, 0.29) is 5.78 Å². The Labute approximate surface area is 121 Å². The monoisotopic (exact) mass is 321 g/mol. The van der Waals surface area contributed by atoms with Gasteiger partial charge in [0.1, 0.15) is 5.69 Å². The third-order valence-electron chi connectivity index (χ3n) is 2.91. The van der Waals surface area contributed by atoms with Gasteiger partial charge in [-0.05, 0) is 47.5 Å². The predicted octanol–water partition coefficient (Wildman–Crippen LogP) is 3.05. The van der Waals surface area contributed by atoms with E-state index in [9.17, 15) is 4.79 Å². The first kappa shape index (κ1) is 13.9. The summed E-state index contributed by atoms with van der Waals surface area (Å²) in [7, 11) is 0. The molecule has 0 radical (unpaired) electrons. The number of pyridine rings is 1. The van der Waals surface area contributed by atoms with Crippen LogP contribution in [-0.2, 0) is 19.4 Å². The van der Waals surface area contributed by atoms with Crippen molar-refractivity contribution in [1.29, 1.82) is 0 Å². The van der Waals surface area contributed by atoms with Crippen LogP contribution >= 0.6 is 15.9 Å². The molecule has 100 valence electrons. The van der Waals surface area contributed by atoms with Crippen LogP contribution in [0.5, 0.6) is 0 Å². The zero-order valence-electron chi connectivity index (χ0n) is 11.1. The van der Waals surface area contributed by atoms with Gasteiger partial charge in [-0.3, -0.25) is 14.5 Å². The van der Waals surface area contributed by atoms with E-state index in [1.807, 2.05) is 32.0 Å². The van der Waals surface area contributed by atoms with E-state index in [0.29, 0.717) is 18.7 Å². The first-order chi connectivity index (χ1) is 9.13. The summed E-state index contributed by atoms with van der Waals surface area (Å²) in [6.45, 7) is 4.73. The minimum Gasteiger partial charge on any atom is -0.292 e. The number of halogens is 1. The zero-order chi connectivity index (χ0) is 13.8. The fraction of sp³-hybridized carbons (Fsp3) is 0.357. The second kappa shape index (κ2) is 6.10. The summed E-state index contributed by atoms with van der Waals surface area (Å²) in [5, 5.41) is 4.39. The van der Waals surface area contributed by atoms with Gasteiger partial charge in [-0.25, -0.2) is 0 Å². The predicted molar refractivity (Wildman–Crippen MR) is 77.3 cm³/mol.